The zero-order valence-electron chi connectivity index (χ0n) is 15.1. The minimum Gasteiger partial charge on any atom is -0.328 e. The van der Waals surface area contributed by atoms with Gasteiger partial charge in [0.2, 0.25) is 0 Å². The van der Waals surface area contributed by atoms with Crippen molar-refractivity contribution >= 4 is 32.3 Å². The smallest absolute Gasteiger partial charge is 0.126 e. The number of fused-ring (bicyclic) bond motifs is 2. The van der Waals surface area contributed by atoms with Crippen LogP contribution in [0.5, 0.6) is 0 Å². The van der Waals surface area contributed by atoms with E-state index in [2.05, 4.69) is 46.3 Å². The van der Waals surface area contributed by atoms with Crippen LogP contribution in [0.3, 0.4) is 0 Å². The lowest BCUT2D eigenvalue weighted by Gasteiger charge is -2.30. The van der Waals surface area contributed by atoms with Crippen LogP contribution < -0.4 is 5.73 Å². The van der Waals surface area contributed by atoms with Gasteiger partial charge in [0.1, 0.15) is 5.01 Å². The summed E-state index contributed by atoms with van der Waals surface area (Å²) in [7, 11) is 0. The molecule has 4 nitrogen and oxygen atoms in total. The first kappa shape index (κ1) is 16.8. The Labute approximate surface area is 162 Å². The average Bonchev–Trinajstić information content (AvgIpc) is 3.13. The number of aromatic nitrogens is 2. The van der Waals surface area contributed by atoms with Crippen LogP contribution in [0, 0.1) is 0 Å². The van der Waals surface area contributed by atoms with Gasteiger partial charge in [-0.1, -0.05) is 24.3 Å². The molecule has 1 fully saturated rings. The van der Waals surface area contributed by atoms with E-state index < -0.39 is 0 Å². The van der Waals surface area contributed by atoms with Gasteiger partial charge in [0, 0.05) is 35.9 Å². The summed E-state index contributed by atoms with van der Waals surface area (Å²) in [5.74, 6) is 0. The first-order valence-electron chi connectivity index (χ1n) is 9.47. The Hall–Kier alpha value is -2.34. The zero-order chi connectivity index (χ0) is 18.2. The van der Waals surface area contributed by atoms with Crippen molar-refractivity contribution in [1.82, 2.24) is 14.9 Å². The Morgan fingerprint density at radius 3 is 2.78 bits per heavy atom. The number of hydrogen-bond acceptors (Lipinski definition) is 5. The molecule has 4 aromatic rings. The van der Waals surface area contributed by atoms with Crippen LogP contribution in [0.1, 0.15) is 18.4 Å². The first-order valence-corrected chi connectivity index (χ1v) is 10.3. The van der Waals surface area contributed by atoms with Gasteiger partial charge in [0.05, 0.1) is 10.2 Å². The van der Waals surface area contributed by atoms with Gasteiger partial charge in [-0.2, -0.15) is 0 Å². The Morgan fingerprint density at radius 2 is 1.93 bits per heavy atom. The third kappa shape index (κ3) is 3.34. The van der Waals surface area contributed by atoms with Crippen molar-refractivity contribution in [2.45, 2.75) is 25.4 Å². The molecule has 5 rings (SSSR count). The summed E-state index contributed by atoms with van der Waals surface area (Å²) in [5, 5.41) is 3.43. The van der Waals surface area contributed by atoms with Crippen molar-refractivity contribution in [1.29, 1.82) is 0 Å². The summed E-state index contributed by atoms with van der Waals surface area (Å²) in [6, 6.07) is 15.4. The first-order chi connectivity index (χ1) is 13.3. The van der Waals surface area contributed by atoms with E-state index in [9.17, 15) is 0 Å². The second-order valence-corrected chi connectivity index (χ2v) is 8.37. The maximum atomic E-state index is 6.04. The minimum absolute atomic E-state index is 0.370. The van der Waals surface area contributed by atoms with Gasteiger partial charge < -0.3 is 5.73 Å². The number of para-hydroxylation sites is 1. The van der Waals surface area contributed by atoms with Crippen LogP contribution in [0.15, 0.2) is 54.9 Å². The summed E-state index contributed by atoms with van der Waals surface area (Å²) in [6.07, 6.45) is 6.07. The van der Waals surface area contributed by atoms with E-state index in [1.54, 1.807) is 11.3 Å². The number of benzene rings is 2. The summed E-state index contributed by atoms with van der Waals surface area (Å²) in [6.45, 7) is 3.14. The van der Waals surface area contributed by atoms with Crippen molar-refractivity contribution in [3.05, 3.63) is 60.4 Å². The summed E-state index contributed by atoms with van der Waals surface area (Å²) in [4.78, 5) is 11.8. The molecule has 0 bridgehead atoms. The molecule has 2 aromatic carbocycles. The molecule has 136 valence electrons. The molecule has 3 heterocycles. The summed E-state index contributed by atoms with van der Waals surface area (Å²) < 4.78 is 1.21. The molecule has 2 N–H and O–H groups in total. The Morgan fingerprint density at radius 1 is 1.07 bits per heavy atom. The third-order valence-electron chi connectivity index (χ3n) is 5.39. The summed E-state index contributed by atoms with van der Waals surface area (Å²) in [5.41, 5.74) is 9.55. The minimum atomic E-state index is 0.370. The third-order valence-corrected chi connectivity index (χ3v) is 6.46. The van der Waals surface area contributed by atoms with Gasteiger partial charge in [0.25, 0.3) is 0 Å². The fourth-order valence-electron chi connectivity index (χ4n) is 3.84. The lowest BCUT2D eigenvalue weighted by molar-refractivity contribution is 0.206. The van der Waals surface area contributed by atoms with Crippen LogP contribution >= 0.6 is 11.3 Å². The SMILES string of the molecule is NC1CCN(Cc2ccc3cncc(-c4nc5ccccc5s4)c3c2)CC1. The number of likely N-dealkylation sites (tertiary alicyclic amines) is 1. The van der Waals surface area contributed by atoms with E-state index >= 15 is 0 Å². The van der Waals surface area contributed by atoms with E-state index in [0.717, 1.165) is 53.9 Å². The lowest BCUT2D eigenvalue weighted by atomic mass is 10.0. The van der Waals surface area contributed by atoms with E-state index in [1.807, 2.05) is 18.5 Å². The van der Waals surface area contributed by atoms with E-state index in [1.165, 1.54) is 15.6 Å². The van der Waals surface area contributed by atoms with Crippen LogP contribution in [-0.2, 0) is 6.54 Å². The molecule has 0 unspecified atom stereocenters. The van der Waals surface area contributed by atoms with Crippen LogP contribution in [0.25, 0.3) is 31.6 Å². The predicted octanol–water partition coefficient (Wildman–Crippen LogP) is 4.43. The number of rotatable bonds is 3. The van der Waals surface area contributed by atoms with E-state index in [-0.39, 0.29) is 0 Å². The maximum absolute atomic E-state index is 6.04. The number of thiazole rings is 1. The van der Waals surface area contributed by atoms with E-state index in [4.69, 9.17) is 10.7 Å². The molecule has 5 heteroatoms. The van der Waals surface area contributed by atoms with Gasteiger partial charge in [-0.05, 0) is 55.1 Å². The fraction of sp³-hybridized carbons (Fsp3) is 0.273. The van der Waals surface area contributed by atoms with Crippen molar-refractivity contribution in [2.24, 2.45) is 5.73 Å². The molecular formula is C22H22N4S. The monoisotopic (exact) mass is 374 g/mol. The maximum Gasteiger partial charge on any atom is 0.126 e. The Balaban J connectivity index is 1.52. The highest BCUT2D eigenvalue weighted by molar-refractivity contribution is 7.21. The highest BCUT2D eigenvalue weighted by atomic mass is 32.1. The van der Waals surface area contributed by atoms with Gasteiger partial charge in [-0.25, -0.2) is 4.98 Å². The second kappa shape index (κ2) is 7.00. The average molecular weight is 375 g/mol. The van der Waals surface area contributed by atoms with Gasteiger partial charge in [-0.3, -0.25) is 9.88 Å². The number of piperidine rings is 1. The molecule has 0 atom stereocenters. The standard InChI is InChI=1S/C22H22N4S/c23-17-7-9-26(10-8-17)14-15-5-6-16-12-24-13-19(18(16)11-15)22-25-20-3-1-2-4-21(20)27-22/h1-6,11-13,17H,7-10,14,23H2. The Bertz CT molecular complexity index is 1060. The van der Waals surface area contributed by atoms with Crippen molar-refractivity contribution in [3.63, 3.8) is 0 Å². The van der Waals surface area contributed by atoms with E-state index in [0.29, 0.717) is 6.04 Å². The van der Waals surface area contributed by atoms with Crippen molar-refractivity contribution in [3.8, 4) is 10.6 Å². The molecule has 1 aliphatic heterocycles. The number of pyridine rings is 1. The Kier molecular flexibility index (Phi) is 4.36. The number of hydrogen-bond donors (Lipinski definition) is 1. The fourth-order valence-corrected chi connectivity index (χ4v) is 4.83. The topological polar surface area (TPSA) is 55.0 Å². The molecule has 0 amide bonds. The quantitative estimate of drug-likeness (QED) is 0.576. The number of nitrogens with zero attached hydrogens (tertiary/aromatic N) is 3. The highest BCUT2D eigenvalue weighted by Gasteiger charge is 2.17. The molecule has 1 aliphatic rings. The van der Waals surface area contributed by atoms with Crippen LogP contribution in [-0.4, -0.2) is 34.0 Å². The molecule has 0 saturated carbocycles. The zero-order valence-corrected chi connectivity index (χ0v) is 16.0. The molecular weight excluding hydrogens is 352 g/mol. The molecule has 0 radical (unpaired) electrons. The normalized spacial score (nSPS) is 16.3. The van der Waals surface area contributed by atoms with Crippen LogP contribution in [0.4, 0.5) is 0 Å². The molecule has 27 heavy (non-hydrogen) atoms. The van der Waals surface area contributed by atoms with Crippen molar-refractivity contribution in [2.75, 3.05) is 13.1 Å². The van der Waals surface area contributed by atoms with Gasteiger partial charge >= 0.3 is 0 Å². The van der Waals surface area contributed by atoms with Crippen molar-refractivity contribution < 1.29 is 0 Å². The summed E-state index contributed by atoms with van der Waals surface area (Å²) >= 11 is 1.73. The van der Waals surface area contributed by atoms with Gasteiger partial charge in [-0.15, -0.1) is 11.3 Å². The largest absolute Gasteiger partial charge is 0.328 e. The predicted molar refractivity (Wildman–Crippen MR) is 113 cm³/mol. The molecule has 0 spiro atoms. The second-order valence-electron chi connectivity index (χ2n) is 7.34. The number of nitrogens with two attached hydrogens (primary N) is 1. The molecule has 0 aliphatic carbocycles. The highest BCUT2D eigenvalue weighted by Crippen LogP contribution is 2.34. The van der Waals surface area contributed by atoms with Gasteiger partial charge in [0.15, 0.2) is 0 Å². The lowest BCUT2D eigenvalue weighted by Crippen LogP contribution is -2.39. The molecule has 1 saturated heterocycles. The molecule has 2 aromatic heterocycles. The van der Waals surface area contributed by atoms with Crippen LogP contribution in [0.2, 0.25) is 0 Å².